The smallest absolute Gasteiger partial charge is 0.233 e. The highest BCUT2D eigenvalue weighted by Crippen LogP contribution is 2.16. The molecule has 0 spiro atoms. The topological polar surface area (TPSA) is 55.4 Å². The fraction of sp³-hybridized carbons (Fsp3) is 0.125. The van der Waals surface area contributed by atoms with Crippen LogP contribution in [0.15, 0.2) is 60.0 Å². The van der Waals surface area contributed by atoms with Crippen molar-refractivity contribution >= 4 is 27.7 Å². The molecular formula is C16H16ClNO3S. The van der Waals surface area contributed by atoms with Gasteiger partial charge < -0.3 is 4.74 Å². The minimum Gasteiger partial charge on any atom is -0.492 e. The van der Waals surface area contributed by atoms with Gasteiger partial charge in [0.25, 0.3) is 0 Å². The van der Waals surface area contributed by atoms with Crippen molar-refractivity contribution < 1.29 is 13.2 Å². The standard InChI is InChI=1S/C16H16ClNO3S/c17-15-7-4-8-16(13-15)21-11-10-18-22(19,20)12-9-14-5-2-1-3-6-14/h1-9,12-13,18H,10-11H2. The van der Waals surface area contributed by atoms with E-state index in [2.05, 4.69) is 4.72 Å². The van der Waals surface area contributed by atoms with Gasteiger partial charge in [0, 0.05) is 17.0 Å². The number of halogens is 1. The van der Waals surface area contributed by atoms with E-state index in [9.17, 15) is 8.42 Å². The van der Waals surface area contributed by atoms with Crippen LogP contribution in [0.5, 0.6) is 5.75 Å². The van der Waals surface area contributed by atoms with Gasteiger partial charge in [0.15, 0.2) is 0 Å². The van der Waals surface area contributed by atoms with Crippen LogP contribution in [0.1, 0.15) is 5.56 Å². The third-order valence-electron chi connectivity index (χ3n) is 2.71. The first kappa shape index (κ1) is 16.5. The Morgan fingerprint density at radius 3 is 2.59 bits per heavy atom. The fourth-order valence-corrected chi connectivity index (χ4v) is 2.67. The molecule has 0 saturated carbocycles. The van der Waals surface area contributed by atoms with Crippen LogP contribution in [0.4, 0.5) is 0 Å². The largest absolute Gasteiger partial charge is 0.492 e. The van der Waals surface area contributed by atoms with Gasteiger partial charge in [-0.2, -0.15) is 0 Å². The summed E-state index contributed by atoms with van der Waals surface area (Å²) in [5.41, 5.74) is 0.822. The average Bonchev–Trinajstić information content (AvgIpc) is 2.51. The summed E-state index contributed by atoms with van der Waals surface area (Å²) in [5, 5.41) is 1.71. The summed E-state index contributed by atoms with van der Waals surface area (Å²) in [6.45, 7) is 0.396. The average molecular weight is 338 g/mol. The maximum Gasteiger partial charge on any atom is 0.233 e. The summed E-state index contributed by atoms with van der Waals surface area (Å²) >= 11 is 5.83. The zero-order valence-electron chi connectivity index (χ0n) is 11.8. The van der Waals surface area contributed by atoms with Crippen molar-refractivity contribution in [2.75, 3.05) is 13.2 Å². The predicted octanol–water partition coefficient (Wildman–Crippen LogP) is 3.31. The van der Waals surface area contributed by atoms with Crippen LogP contribution < -0.4 is 9.46 Å². The highest BCUT2D eigenvalue weighted by Gasteiger charge is 2.04. The zero-order valence-corrected chi connectivity index (χ0v) is 13.3. The molecule has 0 saturated heterocycles. The molecule has 116 valence electrons. The third-order valence-corrected chi connectivity index (χ3v) is 4.05. The van der Waals surface area contributed by atoms with Crippen molar-refractivity contribution in [3.63, 3.8) is 0 Å². The van der Waals surface area contributed by atoms with E-state index in [-0.39, 0.29) is 13.2 Å². The van der Waals surface area contributed by atoms with Crippen LogP contribution in [-0.4, -0.2) is 21.6 Å². The quantitative estimate of drug-likeness (QED) is 0.789. The Balaban J connectivity index is 1.79. The molecule has 0 aliphatic rings. The van der Waals surface area contributed by atoms with Gasteiger partial charge in [-0.15, -0.1) is 0 Å². The van der Waals surface area contributed by atoms with Gasteiger partial charge >= 0.3 is 0 Å². The molecule has 0 heterocycles. The lowest BCUT2D eigenvalue weighted by Gasteiger charge is -2.06. The van der Waals surface area contributed by atoms with Crippen LogP contribution in [-0.2, 0) is 10.0 Å². The molecule has 6 heteroatoms. The lowest BCUT2D eigenvalue weighted by molar-refractivity contribution is 0.323. The van der Waals surface area contributed by atoms with E-state index in [1.54, 1.807) is 30.3 Å². The molecule has 0 aromatic heterocycles. The van der Waals surface area contributed by atoms with Crippen LogP contribution in [0.3, 0.4) is 0 Å². The summed E-state index contributed by atoms with van der Waals surface area (Å²) in [4.78, 5) is 0. The number of sulfonamides is 1. The van der Waals surface area contributed by atoms with Gasteiger partial charge in [-0.1, -0.05) is 48.0 Å². The molecule has 0 aliphatic carbocycles. The first-order valence-electron chi connectivity index (χ1n) is 6.66. The third kappa shape index (κ3) is 5.89. The molecule has 2 rings (SSSR count). The molecule has 2 aromatic rings. The highest BCUT2D eigenvalue weighted by atomic mass is 35.5. The van der Waals surface area contributed by atoms with Gasteiger partial charge in [0.2, 0.25) is 10.0 Å². The predicted molar refractivity (Wildman–Crippen MR) is 89.3 cm³/mol. The maximum atomic E-state index is 11.8. The van der Waals surface area contributed by atoms with Crippen LogP contribution >= 0.6 is 11.6 Å². The molecule has 2 aromatic carbocycles. The minimum atomic E-state index is -3.48. The van der Waals surface area contributed by atoms with Crippen molar-refractivity contribution in [3.8, 4) is 5.75 Å². The molecule has 0 atom stereocenters. The normalized spacial score (nSPS) is 11.7. The van der Waals surface area contributed by atoms with Gasteiger partial charge in [-0.05, 0) is 29.8 Å². The van der Waals surface area contributed by atoms with Gasteiger partial charge in [-0.3, -0.25) is 0 Å². The van der Waals surface area contributed by atoms with Crippen molar-refractivity contribution in [2.24, 2.45) is 0 Å². The molecule has 0 unspecified atom stereocenters. The van der Waals surface area contributed by atoms with Crippen LogP contribution in [0, 0.1) is 0 Å². The van der Waals surface area contributed by atoms with E-state index >= 15 is 0 Å². The highest BCUT2D eigenvalue weighted by molar-refractivity contribution is 7.92. The molecule has 0 aliphatic heterocycles. The van der Waals surface area contributed by atoms with E-state index in [4.69, 9.17) is 16.3 Å². The Kier molecular flexibility index (Phi) is 6.00. The number of benzene rings is 2. The Morgan fingerprint density at radius 2 is 1.86 bits per heavy atom. The second-order valence-electron chi connectivity index (χ2n) is 4.46. The number of ether oxygens (including phenoxy) is 1. The fourth-order valence-electron chi connectivity index (χ4n) is 1.69. The number of rotatable bonds is 7. The van der Waals surface area contributed by atoms with Crippen LogP contribution in [0.2, 0.25) is 5.02 Å². The molecule has 0 amide bonds. The number of hydrogen-bond acceptors (Lipinski definition) is 3. The Hall–Kier alpha value is -1.82. The summed E-state index contributed by atoms with van der Waals surface area (Å²) in [6.07, 6.45) is 1.54. The second kappa shape index (κ2) is 7.98. The van der Waals surface area contributed by atoms with Crippen molar-refractivity contribution in [2.45, 2.75) is 0 Å². The van der Waals surface area contributed by atoms with E-state index in [0.29, 0.717) is 10.8 Å². The SMILES string of the molecule is O=S(=O)(C=Cc1ccccc1)NCCOc1cccc(Cl)c1. The van der Waals surface area contributed by atoms with Gasteiger partial charge in [0.05, 0.1) is 0 Å². The lowest BCUT2D eigenvalue weighted by Crippen LogP contribution is -2.26. The summed E-state index contributed by atoms with van der Waals surface area (Å²) in [5.74, 6) is 0.603. The Bertz CT molecular complexity index is 730. The van der Waals surface area contributed by atoms with Crippen molar-refractivity contribution in [1.29, 1.82) is 0 Å². The van der Waals surface area contributed by atoms with Crippen LogP contribution in [0.25, 0.3) is 6.08 Å². The molecule has 0 fully saturated rings. The van der Waals surface area contributed by atoms with E-state index in [1.807, 2.05) is 30.3 Å². The van der Waals surface area contributed by atoms with E-state index < -0.39 is 10.0 Å². The summed E-state index contributed by atoms with van der Waals surface area (Å²) in [7, 11) is -3.48. The summed E-state index contributed by atoms with van der Waals surface area (Å²) < 4.78 is 31.4. The molecule has 1 N–H and O–H groups in total. The molecule has 0 bridgehead atoms. The minimum absolute atomic E-state index is 0.175. The number of nitrogens with one attached hydrogen (secondary N) is 1. The summed E-state index contributed by atoms with van der Waals surface area (Å²) in [6, 6.07) is 16.2. The monoisotopic (exact) mass is 337 g/mol. The maximum absolute atomic E-state index is 11.8. The van der Waals surface area contributed by atoms with E-state index in [1.165, 1.54) is 0 Å². The molecule has 22 heavy (non-hydrogen) atoms. The lowest BCUT2D eigenvalue weighted by atomic mass is 10.2. The zero-order chi connectivity index (χ0) is 15.8. The first-order valence-corrected chi connectivity index (χ1v) is 8.59. The second-order valence-corrected chi connectivity index (χ2v) is 6.55. The van der Waals surface area contributed by atoms with Gasteiger partial charge in [-0.25, -0.2) is 13.1 Å². The van der Waals surface area contributed by atoms with Crippen molar-refractivity contribution in [1.82, 2.24) is 4.72 Å². The Labute approximate surface area is 135 Å². The molecule has 0 radical (unpaired) electrons. The number of hydrogen-bond donors (Lipinski definition) is 1. The van der Waals surface area contributed by atoms with Crippen molar-refractivity contribution in [3.05, 3.63) is 70.6 Å². The molecule has 4 nitrogen and oxygen atoms in total. The van der Waals surface area contributed by atoms with E-state index in [0.717, 1.165) is 11.0 Å². The first-order chi connectivity index (χ1) is 10.6. The Morgan fingerprint density at radius 1 is 1.09 bits per heavy atom. The molecular weight excluding hydrogens is 322 g/mol. The van der Waals surface area contributed by atoms with Gasteiger partial charge in [0.1, 0.15) is 12.4 Å².